The minimum Gasteiger partial charge on any atom is -0.502 e. The molecule has 5 rings (SSSR count). The van der Waals surface area contributed by atoms with Crippen LogP contribution >= 0.6 is 11.8 Å². The summed E-state index contributed by atoms with van der Waals surface area (Å²) in [5, 5.41) is 12.3. The zero-order valence-corrected chi connectivity index (χ0v) is 16.9. The topological polar surface area (TPSA) is 65.8 Å². The molecule has 152 valence electrons. The fraction of sp³-hybridized carbons (Fsp3) is 0.182. The average Bonchev–Trinajstić information content (AvgIpc) is 2.89. The molecule has 6 nitrogen and oxygen atoms in total. The molecule has 0 radical (unpaired) electrons. The quantitative estimate of drug-likeness (QED) is 0.652. The summed E-state index contributed by atoms with van der Waals surface area (Å²) < 4.78 is 15.6. The first-order valence-corrected chi connectivity index (χ1v) is 10.4. The maximum absolute atomic E-state index is 14.0. The number of benzene rings is 2. The number of aromatic nitrogens is 1. The van der Waals surface area contributed by atoms with Crippen LogP contribution in [0.2, 0.25) is 0 Å². The Morgan fingerprint density at radius 1 is 1.10 bits per heavy atom. The van der Waals surface area contributed by atoms with Crippen molar-refractivity contribution in [3.05, 3.63) is 93.2 Å². The van der Waals surface area contributed by atoms with Gasteiger partial charge in [0.05, 0.1) is 6.04 Å². The molecule has 2 aromatic carbocycles. The molecule has 1 amide bonds. The Labute approximate surface area is 176 Å². The largest absolute Gasteiger partial charge is 0.502 e. The average molecular weight is 423 g/mol. The summed E-state index contributed by atoms with van der Waals surface area (Å²) in [5.74, 6) is -0.626. The van der Waals surface area contributed by atoms with Gasteiger partial charge in [-0.1, -0.05) is 30.3 Å². The van der Waals surface area contributed by atoms with Gasteiger partial charge in [-0.15, -0.1) is 11.8 Å². The number of hydrogen-bond donors (Lipinski definition) is 1. The molecule has 2 aliphatic heterocycles. The van der Waals surface area contributed by atoms with Gasteiger partial charge in [0.15, 0.2) is 11.4 Å². The van der Waals surface area contributed by atoms with Gasteiger partial charge in [-0.3, -0.25) is 19.3 Å². The summed E-state index contributed by atoms with van der Waals surface area (Å²) in [6.45, 7) is 0.231. The molecule has 8 heteroatoms. The molecule has 1 unspecified atom stereocenters. The molecule has 3 aromatic rings. The Bertz CT molecular complexity index is 1240. The van der Waals surface area contributed by atoms with Crippen LogP contribution in [-0.2, 0) is 5.75 Å². The van der Waals surface area contributed by atoms with Crippen molar-refractivity contribution in [3.63, 3.8) is 0 Å². The highest BCUT2D eigenvalue weighted by molar-refractivity contribution is 7.98. The lowest BCUT2D eigenvalue weighted by atomic mass is 9.94. The van der Waals surface area contributed by atoms with Gasteiger partial charge in [-0.2, -0.15) is 0 Å². The summed E-state index contributed by atoms with van der Waals surface area (Å²) in [6.07, 6.45) is 1.51. The summed E-state index contributed by atoms with van der Waals surface area (Å²) in [4.78, 5) is 27.0. The molecule has 1 N–H and O–H groups in total. The maximum atomic E-state index is 14.0. The van der Waals surface area contributed by atoms with Crippen LogP contribution in [0.3, 0.4) is 0 Å². The Balaban J connectivity index is 1.79. The van der Waals surface area contributed by atoms with E-state index in [0.29, 0.717) is 5.75 Å². The number of carbonyl (C=O) groups is 1. The fourth-order valence-electron chi connectivity index (χ4n) is 4.10. The van der Waals surface area contributed by atoms with Crippen LogP contribution < -0.4 is 10.4 Å². The number of fused-ring (bicyclic) bond motifs is 3. The minimum atomic E-state index is -0.607. The van der Waals surface area contributed by atoms with Crippen LogP contribution in [-0.4, -0.2) is 34.3 Å². The number of thioether (sulfide) groups is 1. The van der Waals surface area contributed by atoms with E-state index in [1.54, 1.807) is 29.6 Å². The zero-order valence-electron chi connectivity index (χ0n) is 16.1. The second kappa shape index (κ2) is 6.91. The zero-order chi connectivity index (χ0) is 21.0. The monoisotopic (exact) mass is 423 g/mol. The van der Waals surface area contributed by atoms with Gasteiger partial charge in [-0.25, -0.2) is 4.39 Å². The molecule has 1 atom stereocenters. The number of pyridine rings is 1. The van der Waals surface area contributed by atoms with Crippen molar-refractivity contribution in [2.45, 2.75) is 16.7 Å². The Hall–Kier alpha value is -3.26. The van der Waals surface area contributed by atoms with E-state index >= 15 is 0 Å². The summed E-state index contributed by atoms with van der Waals surface area (Å²) >= 11 is 1.57. The first kappa shape index (κ1) is 18.7. The van der Waals surface area contributed by atoms with Crippen molar-refractivity contribution in [3.8, 4) is 5.75 Å². The highest BCUT2D eigenvalue weighted by atomic mass is 32.2. The first-order chi connectivity index (χ1) is 14.5. The molecule has 1 aromatic heterocycles. The number of carbonyl (C=O) groups excluding carboxylic acids is 1. The number of rotatable bonds is 1. The van der Waals surface area contributed by atoms with Crippen molar-refractivity contribution in [2.75, 3.05) is 18.7 Å². The van der Waals surface area contributed by atoms with Gasteiger partial charge < -0.3 is 10.0 Å². The third-order valence-corrected chi connectivity index (χ3v) is 6.66. The van der Waals surface area contributed by atoms with E-state index in [1.807, 2.05) is 29.3 Å². The number of hydrogen-bond acceptors (Lipinski definition) is 5. The normalized spacial score (nSPS) is 17.8. The molecule has 30 heavy (non-hydrogen) atoms. The van der Waals surface area contributed by atoms with Crippen molar-refractivity contribution < 1.29 is 14.3 Å². The van der Waals surface area contributed by atoms with Gasteiger partial charge in [-0.05, 0) is 28.8 Å². The van der Waals surface area contributed by atoms with Gasteiger partial charge in [0.25, 0.3) is 5.91 Å². The SMILES string of the molecule is CN1CN(C2c3ccccc3CSc3cc(F)ccc32)n2ccc(=O)c(O)c2C1=O. The van der Waals surface area contributed by atoms with Crippen LogP contribution in [0.15, 0.2) is 64.4 Å². The molecular weight excluding hydrogens is 405 g/mol. The third kappa shape index (κ3) is 2.79. The number of amides is 1. The first-order valence-electron chi connectivity index (χ1n) is 9.43. The number of nitrogens with zero attached hydrogens (tertiary/aromatic N) is 3. The number of aromatic hydroxyl groups is 1. The predicted octanol–water partition coefficient (Wildman–Crippen LogP) is 3.07. The second-order valence-electron chi connectivity index (χ2n) is 7.38. The predicted molar refractivity (Wildman–Crippen MR) is 112 cm³/mol. The van der Waals surface area contributed by atoms with E-state index < -0.39 is 17.1 Å². The van der Waals surface area contributed by atoms with Gasteiger partial charge in [0, 0.05) is 30.0 Å². The summed E-state index contributed by atoms with van der Waals surface area (Å²) in [5.41, 5.74) is 2.36. The van der Waals surface area contributed by atoms with Crippen molar-refractivity contribution in [1.29, 1.82) is 0 Å². The van der Waals surface area contributed by atoms with E-state index in [4.69, 9.17) is 0 Å². The van der Waals surface area contributed by atoms with E-state index in [0.717, 1.165) is 21.6 Å². The Morgan fingerprint density at radius 2 is 1.90 bits per heavy atom. The minimum absolute atomic E-state index is 0.0747. The lowest BCUT2D eigenvalue weighted by Crippen LogP contribution is -2.54. The van der Waals surface area contributed by atoms with Gasteiger partial charge >= 0.3 is 0 Å². The van der Waals surface area contributed by atoms with Crippen molar-refractivity contribution in [2.24, 2.45) is 0 Å². The van der Waals surface area contributed by atoms with E-state index in [1.165, 1.54) is 29.3 Å². The molecular formula is C22H18FN3O3S. The standard InChI is InChI=1S/C22H18FN3O3S/c1-24-12-26(25-9-8-17(27)21(28)20(25)22(24)29)19-15-5-3-2-4-13(15)11-30-18-10-14(23)6-7-16(18)19/h2-10,19,28H,11-12H2,1H3. The van der Waals surface area contributed by atoms with Crippen LogP contribution in [0.25, 0.3) is 0 Å². The molecule has 0 spiro atoms. The summed E-state index contributed by atoms with van der Waals surface area (Å²) in [6, 6.07) is 13.6. The Morgan fingerprint density at radius 3 is 2.73 bits per heavy atom. The maximum Gasteiger partial charge on any atom is 0.277 e. The van der Waals surface area contributed by atoms with Crippen LogP contribution in [0.4, 0.5) is 4.39 Å². The smallest absolute Gasteiger partial charge is 0.277 e. The third-order valence-electron chi connectivity index (χ3n) is 5.54. The van der Waals surface area contributed by atoms with Crippen molar-refractivity contribution >= 4 is 17.7 Å². The van der Waals surface area contributed by atoms with Gasteiger partial charge in [0.2, 0.25) is 5.43 Å². The molecule has 0 saturated carbocycles. The molecule has 0 aliphatic carbocycles. The van der Waals surface area contributed by atoms with Crippen molar-refractivity contribution in [1.82, 2.24) is 9.58 Å². The second-order valence-corrected chi connectivity index (χ2v) is 8.40. The lowest BCUT2D eigenvalue weighted by Gasteiger charge is -2.43. The molecule has 0 saturated heterocycles. The number of halogens is 1. The molecule has 3 heterocycles. The van der Waals surface area contributed by atoms with E-state index in [2.05, 4.69) is 0 Å². The summed E-state index contributed by atoms with van der Waals surface area (Å²) in [7, 11) is 1.62. The highest BCUT2D eigenvalue weighted by Crippen LogP contribution is 2.43. The lowest BCUT2D eigenvalue weighted by molar-refractivity contribution is 0.0726. The van der Waals surface area contributed by atoms with Crippen LogP contribution in [0, 0.1) is 5.82 Å². The van der Waals surface area contributed by atoms with E-state index in [9.17, 15) is 19.1 Å². The highest BCUT2D eigenvalue weighted by Gasteiger charge is 2.37. The molecule has 0 fully saturated rings. The van der Waals surface area contributed by atoms with E-state index in [-0.39, 0.29) is 24.2 Å². The Kier molecular flexibility index (Phi) is 4.32. The molecule has 2 aliphatic rings. The van der Waals surface area contributed by atoms with Crippen LogP contribution in [0.1, 0.15) is 33.2 Å². The molecule has 0 bridgehead atoms. The van der Waals surface area contributed by atoms with Crippen LogP contribution in [0.5, 0.6) is 5.75 Å². The fourth-order valence-corrected chi connectivity index (χ4v) is 5.22. The van der Waals surface area contributed by atoms with Gasteiger partial charge in [0.1, 0.15) is 12.5 Å².